The first kappa shape index (κ1) is 38.2. The van der Waals surface area contributed by atoms with Gasteiger partial charge < -0.3 is 33.5 Å². The van der Waals surface area contributed by atoms with Crippen LogP contribution in [0.5, 0.6) is 5.75 Å². The minimum absolute atomic E-state index is 0.0203. The highest BCUT2D eigenvalue weighted by atomic mass is 17.0. The third-order valence-corrected chi connectivity index (χ3v) is 6.93. The molecule has 15 heteroatoms. The Labute approximate surface area is 283 Å². The number of amides is 1. The molecule has 0 saturated carbocycles. The maximum atomic E-state index is 13.6. The molecule has 0 heterocycles. The second kappa shape index (κ2) is 19.5. The van der Waals surface area contributed by atoms with Gasteiger partial charge in [0.1, 0.15) is 25.6 Å². The summed E-state index contributed by atoms with van der Waals surface area (Å²) in [5, 5.41) is 19.2. The molecule has 3 aromatic carbocycles. The van der Waals surface area contributed by atoms with E-state index >= 15 is 0 Å². The number of hydrogen-bond donors (Lipinski definition) is 0. The fraction of sp³-hybridized carbons (Fsp3) is 0.412. The number of benzene rings is 3. The molecule has 1 unspecified atom stereocenters. The lowest BCUT2D eigenvalue weighted by Crippen LogP contribution is -2.45. The van der Waals surface area contributed by atoms with Crippen LogP contribution >= 0.6 is 0 Å². The van der Waals surface area contributed by atoms with Crippen LogP contribution in [0.2, 0.25) is 0 Å². The Morgan fingerprint density at radius 1 is 0.714 bits per heavy atom. The van der Waals surface area contributed by atoms with Crippen LogP contribution in [0.15, 0.2) is 72.8 Å². The molecule has 0 radical (unpaired) electrons. The highest BCUT2D eigenvalue weighted by molar-refractivity contribution is 5.94. The highest BCUT2D eigenvalue weighted by Crippen LogP contribution is 2.18. The molecule has 3 aromatic rings. The Morgan fingerprint density at radius 3 is 1.73 bits per heavy atom. The van der Waals surface area contributed by atoms with Crippen molar-refractivity contribution in [1.29, 1.82) is 0 Å². The Bertz CT molecular complexity index is 1500. The zero-order valence-electron chi connectivity index (χ0n) is 27.9. The second-order valence-corrected chi connectivity index (χ2v) is 11.4. The van der Waals surface area contributed by atoms with Crippen molar-refractivity contribution in [2.45, 2.75) is 65.8 Å². The largest absolute Gasteiger partial charge is 0.490 e. The summed E-state index contributed by atoms with van der Waals surface area (Å²) in [6.45, 7) is 8.28. The zero-order valence-corrected chi connectivity index (χ0v) is 27.9. The molecule has 1 amide bonds. The summed E-state index contributed by atoms with van der Waals surface area (Å²) >= 11 is 0. The average Bonchev–Trinajstić information content (AvgIpc) is 3.07. The van der Waals surface area contributed by atoms with Gasteiger partial charge >= 0.3 is 5.97 Å². The maximum absolute atomic E-state index is 13.6. The smallest absolute Gasteiger partial charge is 0.338 e. The molecule has 49 heavy (non-hydrogen) atoms. The first-order valence-electron chi connectivity index (χ1n) is 15.6. The molecular formula is C34H41N3O12. The van der Waals surface area contributed by atoms with Crippen molar-refractivity contribution in [3.63, 3.8) is 0 Å². The molecule has 0 N–H and O–H groups in total. The first-order chi connectivity index (χ1) is 23.4. The van der Waals surface area contributed by atoms with Gasteiger partial charge in [0, 0.05) is 11.6 Å². The van der Waals surface area contributed by atoms with Crippen molar-refractivity contribution in [1.82, 2.24) is 4.90 Å². The molecule has 0 aliphatic carbocycles. The van der Waals surface area contributed by atoms with E-state index in [1.165, 1.54) is 29.2 Å². The zero-order chi connectivity index (χ0) is 35.8. The Balaban J connectivity index is 1.72. The van der Waals surface area contributed by atoms with Gasteiger partial charge in [-0.3, -0.25) is 4.79 Å². The van der Waals surface area contributed by atoms with Gasteiger partial charge in [-0.05, 0) is 80.8 Å². The number of hydrogen-bond acceptors (Lipinski definition) is 12. The summed E-state index contributed by atoms with van der Waals surface area (Å²) in [4.78, 5) is 58.1. The van der Waals surface area contributed by atoms with E-state index in [1.807, 2.05) is 39.8 Å². The van der Waals surface area contributed by atoms with Gasteiger partial charge in [-0.25, -0.2) is 4.79 Å². The molecule has 15 nitrogen and oxygen atoms in total. The molecule has 0 spiro atoms. The SMILES string of the molecule is CC(C)OCCOCc1ccc(OCC(CN(C(=O)c2ccc(CO[N+](=O)[O-])cc2)C(C)C)OC(=O)c2ccc(CO[N+](=O)[O-])cc2)cc1. The Morgan fingerprint density at radius 2 is 1.22 bits per heavy atom. The molecule has 0 fully saturated rings. The molecular weight excluding hydrogens is 642 g/mol. The molecule has 264 valence electrons. The minimum Gasteiger partial charge on any atom is -0.490 e. The number of carbonyl (C=O) groups excluding carboxylic acids is 2. The fourth-order valence-corrected chi connectivity index (χ4v) is 4.40. The molecule has 0 bridgehead atoms. The highest BCUT2D eigenvalue weighted by Gasteiger charge is 2.26. The van der Waals surface area contributed by atoms with Crippen molar-refractivity contribution < 1.29 is 48.4 Å². The number of ether oxygens (including phenoxy) is 4. The van der Waals surface area contributed by atoms with Crippen LogP contribution in [-0.2, 0) is 43.7 Å². The molecule has 0 aromatic heterocycles. The van der Waals surface area contributed by atoms with Crippen LogP contribution in [0, 0.1) is 20.2 Å². The van der Waals surface area contributed by atoms with Crippen molar-refractivity contribution in [2.24, 2.45) is 0 Å². The van der Waals surface area contributed by atoms with Crippen LogP contribution in [0.3, 0.4) is 0 Å². The fourth-order valence-electron chi connectivity index (χ4n) is 4.40. The predicted octanol–water partition coefficient (Wildman–Crippen LogP) is 5.20. The average molecular weight is 684 g/mol. The summed E-state index contributed by atoms with van der Waals surface area (Å²) in [5.74, 6) is -0.523. The van der Waals surface area contributed by atoms with Crippen LogP contribution < -0.4 is 4.74 Å². The third kappa shape index (κ3) is 13.8. The van der Waals surface area contributed by atoms with Gasteiger partial charge in [0.2, 0.25) is 0 Å². The van der Waals surface area contributed by atoms with Crippen molar-refractivity contribution in [3.05, 3.63) is 121 Å². The van der Waals surface area contributed by atoms with E-state index in [4.69, 9.17) is 18.9 Å². The lowest BCUT2D eigenvalue weighted by atomic mass is 10.1. The normalized spacial score (nSPS) is 11.6. The minimum atomic E-state index is -0.909. The molecule has 0 aliphatic heterocycles. The van der Waals surface area contributed by atoms with Crippen molar-refractivity contribution in [3.8, 4) is 5.75 Å². The summed E-state index contributed by atoms with van der Waals surface area (Å²) < 4.78 is 23.0. The second-order valence-electron chi connectivity index (χ2n) is 11.4. The van der Waals surface area contributed by atoms with Crippen molar-refractivity contribution >= 4 is 11.9 Å². The number of esters is 1. The lowest BCUT2D eigenvalue weighted by Gasteiger charge is -2.31. The lowest BCUT2D eigenvalue weighted by molar-refractivity contribution is -0.763. The van der Waals surface area contributed by atoms with E-state index in [2.05, 4.69) is 9.68 Å². The van der Waals surface area contributed by atoms with E-state index in [-0.39, 0.29) is 50.0 Å². The van der Waals surface area contributed by atoms with Gasteiger partial charge in [-0.2, -0.15) is 0 Å². The predicted molar refractivity (Wildman–Crippen MR) is 175 cm³/mol. The number of nitrogens with zero attached hydrogens (tertiary/aromatic N) is 3. The van der Waals surface area contributed by atoms with E-state index in [9.17, 15) is 29.8 Å². The standard InChI is InChI=1S/C34H41N3O12/c1-24(2)35(33(38)29-11-5-27(6-12-29)21-47-36(40)41)19-32(49-34(39)30-13-7-28(8-14-30)22-48-37(42)43)23-46-31-15-9-26(10-16-31)20-44-17-18-45-25(3)4/h5-16,24-25,32H,17-23H2,1-4H3. The molecule has 0 aliphatic rings. The van der Waals surface area contributed by atoms with Gasteiger partial charge in [0.05, 0.1) is 38.0 Å². The van der Waals surface area contributed by atoms with E-state index in [1.54, 1.807) is 36.4 Å². The maximum Gasteiger partial charge on any atom is 0.338 e. The summed E-state index contributed by atoms with van der Waals surface area (Å²) in [6, 6.07) is 19.1. The van der Waals surface area contributed by atoms with Crippen LogP contribution in [-0.4, -0.2) is 71.6 Å². The Kier molecular flexibility index (Phi) is 15.2. The molecule has 3 rings (SSSR count). The number of rotatable bonds is 21. The van der Waals surface area contributed by atoms with Crippen molar-refractivity contribution in [2.75, 3.05) is 26.4 Å². The van der Waals surface area contributed by atoms with Gasteiger partial charge in [-0.1, -0.05) is 36.4 Å². The topological polar surface area (TPSA) is 179 Å². The monoisotopic (exact) mass is 683 g/mol. The summed E-state index contributed by atoms with van der Waals surface area (Å²) in [6.07, 6.45) is -0.776. The van der Waals surface area contributed by atoms with Gasteiger partial charge in [0.25, 0.3) is 16.1 Å². The quantitative estimate of drug-likeness (QED) is 0.0621. The van der Waals surface area contributed by atoms with E-state index in [0.717, 1.165) is 5.56 Å². The van der Waals surface area contributed by atoms with E-state index in [0.29, 0.717) is 42.3 Å². The molecule has 1 atom stereocenters. The van der Waals surface area contributed by atoms with Gasteiger partial charge in [-0.15, -0.1) is 20.2 Å². The first-order valence-corrected chi connectivity index (χ1v) is 15.6. The third-order valence-electron chi connectivity index (χ3n) is 6.93. The van der Waals surface area contributed by atoms with Gasteiger partial charge in [0.15, 0.2) is 6.10 Å². The van der Waals surface area contributed by atoms with E-state index < -0.39 is 22.2 Å². The Hall–Kier alpha value is -5.28. The summed E-state index contributed by atoms with van der Waals surface area (Å²) in [5.41, 5.74) is 2.44. The van der Waals surface area contributed by atoms with Crippen LogP contribution in [0.1, 0.15) is 65.1 Å². The number of carbonyl (C=O) groups is 2. The molecule has 0 saturated heterocycles. The van der Waals surface area contributed by atoms with Crippen LogP contribution in [0.4, 0.5) is 0 Å². The summed E-state index contributed by atoms with van der Waals surface area (Å²) in [7, 11) is 0. The van der Waals surface area contributed by atoms with Crippen LogP contribution in [0.25, 0.3) is 0 Å².